The van der Waals surface area contributed by atoms with Crippen LogP contribution in [0.25, 0.3) is 5.82 Å². The number of fused-ring (bicyclic) bond motifs is 1. The van der Waals surface area contributed by atoms with Crippen LogP contribution in [0.5, 0.6) is 0 Å². The number of nitriles is 1. The van der Waals surface area contributed by atoms with Gasteiger partial charge in [-0.3, -0.25) is 0 Å². The standard InChI is InChI=1S/C12H10N4/c13-8-10-7-9-3-1-4-11(9)15-12(10)16-6-2-5-14-16/h2,5-7H,1,3-4H2. The SMILES string of the molecule is N#Cc1cc2c(nc1-n1cccn1)CCC2. The van der Waals surface area contributed by atoms with Crippen molar-refractivity contribution in [3.8, 4) is 11.9 Å². The molecule has 0 aliphatic heterocycles. The quantitative estimate of drug-likeness (QED) is 0.718. The smallest absolute Gasteiger partial charge is 0.171 e. The summed E-state index contributed by atoms with van der Waals surface area (Å²) in [6, 6.07) is 5.97. The summed E-state index contributed by atoms with van der Waals surface area (Å²) in [5.41, 5.74) is 2.93. The van der Waals surface area contributed by atoms with Crippen LogP contribution in [0, 0.1) is 11.3 Å². The third-order valence-corrected chi connectivity index (χ3v) is 2.87. The zero-order valence-corrected chi connectivity index (χ0v) is 8.72. The molecule has 0 amide bonds. The topological polar surface area (TPSA) is 54.5 Å². The third kappa shape index (κ3) is 1.29. The van der Waals surface area contributed by atoms with Gasteiger partial charge in [-0.2, -0.15) is 10.4 Å². The first-order valence-electron chi connectivity index (χ1n) is 5.31. The van der Waals surface area contributed by atoms with E-state index < -0.39 is 0 Å². The van der Waals surface area contributed by atoms with E-state index in [1.807, 2.05) is 18.3 Å². The van der Waals surface area contributed by atoms with Gasteiger partial charge in [-0.15, -0.1) is 0 Å². The van der Waals surface area contributed by atoms with Gasteiger partial charge < -0.3 is 0 Å². The Hall–Kier alpha value is -2.15. The Kier molecular flexibility index (Phi) is 1.97. The predicted octanol–water partition coefficient (Wildman–Crippen LogP) is 1.63. The van der Waals surface area contributed by atoms with Crippen LogP contribution in [0.2, 0.25) is 0 Å². The van der Waals surface area contributed by atoms with Crippen molar-refractivity contribution in [3.63, 3.8) is 0 Å². The molecule has 78 valence electrons. The zero-order chi connectivity index (χ0) is 11.0. The summed E-state index contributed by atoms with van der Waals surface area (Å²) in [5, 5.41) is 13.2. The molecule has 0 saturated heterocycles. The van der Waals surface area contributed by atoms with Crippen molar-refractivity contribution in [2.24, 2.45) is 0 Å². The molecule has 0 bridgehead atoms. The van der Waals surface area contributed by atoms with Crippen molar-refractivity contribution < 1.29 is 0 Å². The Morgan fingerprint density at radius 2 is 2.31 bits per heavy atom. The van der Waals surface area contributed by atoms with E-state index in [-0.39, 0.29) is 0 Å². The molecule has 0 fully saturated rings. The Balaban J connectivity index is 2.22. The van der Waals surface area contributed by atoms with Gasteiger partial charge in [-0.25, -0.2) is 9.67 Å². The molecule has 2 aromatic heterocycles. The van der Waals surface area contributed by atoms with Gasteiger partial charge >= 0.3 is 0 Å². The predicted molar refractivity (Wildman–Crippen MR) is 58.1 cm³/mol. The molecule has 0 atom stereocenters. The molecule has 0 N–H and O–H groups in total. The lowest BCUT2D eigenvalue weighted by molar-refractivity contribution is 0.828. The van der Waals surface area contributed by atoms with E-state index in [1.165, 1.54) is 5.56 Å². The minimum absolute atomic E-state index is 0.601. The number of pyridine rings is 1. The number of aromatic nitrogens is 3. The third-order valence-electron chi connectivity index (χ3n) is 2.87. The van der Waals surface area contributed by atoms with Gasteiger partial charge in [0.2, 0.25) is 0 Å². The van der Waals surface area contributed by atoms with Crippen molar-refractivity contribution in [2.45, 2.75) is 19.3 Å². The van der Waals surface area contributed by atoms with E-state index in [0.717, 1.165) is 25.0 Å². The lowest BCUT2D eigenvalue weighted by Crippen LogP contribution is -2.04. The van der Waals surface area contributed by atoms with Crippen molar-refractivity contribution in [3.05, 3.63) is 41.3 Å². The van der Waals surface area contributed by atoms with Crippen LogP contribution < -0.4 is 0 Å². The van der Waals surface area contributed by atoms with E-state index in [1.54, 1.807) is 10.9 Å². The fraction of sp³-hybridized carbons (Fsp3) is 0.250. The van der Waals surface area contributed by atoms with Crippen LogP contribution in [-0.4, -0.2) is 14.8 Å². The van der Waals surface area contributed by atoms with Crippen LogP contribution in [-0.2, 0) is 12.8 Å². The second kappa shape index (κ2) is 3.46. The maximum Gasteiger partial charge on any atom is 0.171 e. The first kappa shape index (κ1) is 9.10. The highest BCUT2D eigenvalue weighted by molar-refractivity contribution is 5.47. The number of hydrogen-bond acceptors (Lipinski definition) is 3. The minimum atomic E-state index is 0.601. The average molecular weight is 210 g/mol. The van der Waals surface area contributed by atoms with Crippen molar-refractivity contribution in [1.29, 1.82) is 5.26 Å². The molecule has 0 aromatic carbocycles. The number of hydrogen-bond donors (Lipinski definition) is 0. The van der Waals surface area contributed by atoms with Crippen LogP contribution in [0.15, 0.2) is 24.5 Å². The number of aryl methyl sites for hydroxylation is 2. The second-order valence-corrected chi connectivity index (χ2v) is 3.88. The molecular weight excluding hydrogens is 200 g/mol. The summed E-state index contributed by atoms with van der Waals surface area (Å²) < 4.78 is 1.65. The molecule has 0 saturated carbocycles. The zero-order valence-electron chi connectivity index (χ0n) is 8.72. The highest BCUT2D eigenvalue weighted by Crippen LogP contribution is 2.23. The van der Waals surface area contributed by atoms with E-state index in [4.69, 9.17) is 5.26 Å². The molecule has 16 heavy (non-hydrogen) atoms. The van der Waals surface area contributed by atoms with Gasteiger partial charge in [0, 0.05) is 18.1 Å². The lowest BCUT2D eigenvalue weighted by atomic mass is 10.1. The van der Waals surface area contributed by atoms with Gasteiger partial charge in [-0.1, -0.05) is 0 Å². The molecule has 2 aromatic rings. The Morgan fingerprint density at radius 1 is 1.38 bits per heavy atom. The minimum Gasteiger partial charge on any atom is -0.232 e. The van der Waals surface area contributed by atoms with Crippen molar-refractivity contribution >= 4 is 0 Å². The summed E-state index contributed by atoms with van der Waals surface area (Å²) in [6.07, 6.45) is 6.68. The molecule has 4 nitrogen and oxygen atoms in total. The highest BCUT2D eigenvalue weighted by Gasteiger charge is 2.17. The van der Waals surface area contributed by atoms with Crippen LogP contribution >= 0.6 is 0 Å². The molecule has 0 unspecified atom stereocenters. The summed E-state index contributed by atoms with van der Waals surface area (Å²) in [4.78, 5) is 4.54. The summed E-state index contributed by atoms with van der Waals surface area (Å²) >= 11 is 0. The van der Waals surface area contributed by atoms with Crippen LogP contribution in [0.3, 0.4) is 0 Å². The monoisotopic (exact) mass is 210 g/mol. The average Bonchev–Trinajstić information content (AvgIpc) is 2.97. The van der Waals surface area contributed by atoms with E-state index in [0.29, 0.717) is 11.4 Å². The molecule has 4 heteroatoms. The maximum atomic E-state index is 9.12. The molecule has 1 aliphatic rings. The molecule has 1 aliphatic carbocycles. The van der Waals surface area contributed by atoms with Gasteiger partial charge in [0.05, 0.1) is 5.56 Å². The molecule has 3 rings (SSSR count). The number of rotatable bonds is 1. The Bertz CT molecular complexity index is 563. The van der Waals surface area contributed by atoms with Crippen LogP contribution in [0.4, 0.5) is 0 Å². The largest absolute Gasteiger partial charge is 0.232 e. The first-order valence-corrected chi connectivity index (χ1v) is 5.31. The normalized spacial score (nSPS) is 13.4. The van der Waals surface area contributed by atoms with Crippen molar-refractivity contribution in [2.75, 3.05) is 0 Å². The maximum absolute atomic E-state index is 9.12. The van der Waals surface area contributed by atoms with Gasteiger partial charge in [-0.05, 0) is 37.0 Å². The summed E-state index contributed by atoms with van der Waals surface area (Å²) in [6.45, 7) is 0. The van der Waals surface area contributed by atoms with E-state index in [9.17, 15) is 0 Å². The van der Waals surface area contributed by atoms with Crippen molar-refractivity contribution in [1.82, 2.24) is 14.8 Å². The highest BCUT2D eigenvalue weighted by atomic mass is 15.3. The molecular formula is C12H10N4. The molecule has 0 spiro atoms. The molecule has 2 heterocycles. The number of nitrogens with zero attached hydrogens (tertiary/aromatic N) is 4. The van der Waals surface area contributed by atoms with Gasteiger partial charge in [0.1, 0.15) is 6.07 Å². The Morgan fingerprint density at radius 3 is 3.06 bits per heavy atom. The fourth-order valence-corrected chi connectivity index (χ4v) is 2.11. The first-order chi connectivity index (χ1) is 7.88. The van der Waals surface area contributed by atoms with Gasteiger partial charge in [0.15, 0.2) is 5.82 Å². The van der Waals surface area contributed by atoms with Gasteiger partial charge in [0.25, 0.3) is 0 Å². The van der Waals surface area contributed by atoms with Crippen LogP contribution in [0.1, 0.15) is 23.2 Å². The Labute approximate surface area is 93.2 Å². The summed E-state index contributed by atoms with van der Waals surface area (Å²) in [7, 11) is 0. The van der Waals surface area contributed by atoms with E-state index >= 15 is 0 Å². The second-order valence-electron chi connectivity index (χ2n) is 3.88. The molecule has 0 radical (unpaired) electrons. The lowest BCUT2D eigenvalue weighted by Gasteiger charge is -2.06. The summed E-state index contributed by atoms with van der Waals surface area (Å²) in [5.74, 6) is 0.646. The fourth-order valence-electron chi connectivity index (χ4n) is 2.11. The van der Waals surface area contributed by atoms with E-state index in [2.05, 4.69) is 16.2 Å².